The van der Waals surface area contributed by atoms with Crippen molar-refractivity contribution in [1.82, 2.24) is 5.32 Å². The van der Waals surface area contributed by atoms with Gasteiger partial charge in [0.05, 0.1) is 7.11 Å². The van der Waals surface area contributed by atoms with E-state index in [4.69, 9.17) is 42.1 Å². The third-order valence-corrected chi connectivity index (χ3v) is 5.34. The second-order valence-electron chi connectivity index (χ2n) is 6.76. The molecule has 164 valence electrons. The van der Waals surface area contributed by atoms with Gasteiger partial charge in [0.2, 0.25) is 6.79 Å². The van der Waals surface area contributed by atoms with Gasteiger partial charge in [-0.15, -0.1) is 12.4 Å². The van der Waals surface area contributed by atoms with Crippen molar-refractivity contribution >= 4 is 35.6 Å². The molecule has 0 fully saturated rings. The van der Waals surface area contributed by atoms with Crippen LogP contribution in [0, 0.1) is 0 Å². The third-order valence-electron chi connectivity index (χ3n) is 4.75. The van der Waals surface area contributed by atoms with E-state index in [1.165, 1.54) is 0 Å². The molecule has 0 atom stereocenters. The molecule has 0 saturated carbocycles. The summed E-state index contributed by atoms with van der Waals surface area (Å²) in [6.07, 6.45) is 0. The second-order valence-corrected chi connectivity index (χ2v) is 7.61. The van der Waals surface area contributed by atoms with Crippen LogP contribution in [0.3, 0.4) is 0 Å². The zero-order valence-electron chi connectivity index (χ0n) is 16.8. The number of hydrogen-bond acceptors (Lipinski definition) is 5. The standard InChI is InChI=1S/C23H21Cl2NO4.ClH/c1-27-21-4-2-3-16(23(21)28-13-17-6-7-18(24)10-19(17)25)12-26-11-15-5-8-20-22(9-15)30-14-29-20;/h2-10,26H,11-14H2,1H3;1H. The third kappa shape index (κ3) is 5.69. The number of nitrogens with one attached hydrogen (secondary N) is 1. The number of benzene rings is 3. The van der Waals surface area contributed by atoms with Gasteiger partial charge in [-0.3, -0.25) is 0 Å². The summed E-state index contributed by atoms with van der Waals surface area (Å²) in [4.78, 5) is 0. The van der Waals surface area contributed by atoms with E-state index in [1.807, 2.05) is 42.5 Å². The first kappa shape index (κ1) is 23.4. The number of rotatable bonds is 8. The van der Waals surface area contributed by atoms with Crippen LogP contribution < -0.4 is 24.3 Å². The average molecular weight is 483 g/mol. The van der Waals surface area contributed by atoms with E-state index in [1.54, 1.807) is 19.2 Å². The molecular formula is C23H22Cl3NO4. The molecule has 4 rings (SSSR count). The number of hydrogen-bond donors (Lipinski definition) is 1. The minimum Gasteiger partial charge on any atom is -0.493 e. The monoisotopic (exact) mass is 481 g/mol. The highest BCUT2D eigenvalue weighted by atomic mass is 35.5. The first-order valence-corrected chi connectivity index (χ1v) is 10.2. The molecule has 0 amide bonds. The molecule has 5 nitrogen and oxygen atoms in total. The van der Waals surface area contributed by atoms with Crippen LogP contribution in [0.2, 0.25) is 10.0 Å². The summed E-state index contributed by atoms with van der Waals surface area (Å²) in [5.74, 6) is 2.91. The van der Waals surface area contributed by atoms with Crippen molar-refractivity contribution in [3.63, 3.8) is 0 Å². The highest BCUT2D eigenvalue weighted by Crippen LogP contribution is 2.34. The highest BCUT2D eigenvalue weighted by Gasteiger charge is 2.14. The Morgan fingerprint density at radius 3 is 2.58 bits per heavy atom. The summed E-state index contributed by atoms with van der Waals surface area (Å²) in [7, 11) is 1.63. The summed E-state index contributed by atoms with van der Waals surface area (Å²) < 4.78 is 22.4. The van der Waals surface area contributed by atoms with Crippen molar-refractivity contribution in [3.8, 4) is 23.0 Å². The lowest BCUT2D eigenvalue weighted by Crippen LogP contribution is -2.14. The molecule has 0 bridgehead atoms. The van der Waals surface area contributed by atoms with E-state index in [-0.39, 0.29) is 19.2 Å². The number of ether oxygens (including phenoxy) is 4. The first-order chi connectivity index (χ1) is 14.6. The molecule has 0 radical (unpaired) electrons. The Labute approximate surface area is 197 Å². The van der Waals surface area contributed by atoms with E-state index in [2.05, 4.69) is 5.32 Å². The van der Waals surface area contributed by atoms with E-state index in [0.29, 0.717) is 41.2 Å². The molecule has 8 heteroatoms. The van der Waals surface area contributed by atoms with Gasteiger partial charge in [-0.25, -0.2) is 0 Å². The molecule has 1 aliphatic heterocycles. The Kier molecular flexibility index (Phi) is 8.15. The number of para-hydroxylation sites is 1. The van der Waals surface area contributed by atoms with Crippen molar-refractivity contribution in [2.24, 2.45) is 0 Å². The molecule has 31 heavy (non-hydrogen) atoms. The molecule has 3 aromatic rings. The predicted molar refractivity (Wildman–Crippen MR) is 124 cm³/mol. The summed E-state index contributed by atoms with van der Waals surface area (Å²) in [5, 5.41) is 4.60. The fraction of sp³-hybridized carbons (Fsp3) is 0.217. The molecular weight excluding hydrogens is 461 g/mol. The smallest absolute Gasteiger partial charge is 0.231 e. The quantitative estimate of drug-likeness (QED) is 0.425. The van der Waals surface area contributed by atoms with Gasteiger partial charge in [-0.1, -0.05) is 47.5 Å². The maximum Gasteiger partial charge on any atom is 0.231 e. The Balaban J connectivity index is 0.00000272. The Morgan fingerprint density at radius 2 is 1.77 bits per heavy atom. The van der Waals surface area contributed by atoms with Gasteiger partial charge in [0.25, 0.3) is 0 Å². The van der Waals surface area contributed by atoms with Crippen LogP contribution in [0.15, 0.2) is 54.6 Å². The van der Waals surface area contributed by atoms with Crippen molar-refractivity contribution < 1.29 is 18.9 Å². The minimum atomic E-state index is 0. The van der Waals surface area contributed by atoms with Gasteiger partial charge >= 0.3 is 0 Å². The maximum absolute atomic E-state index is 6.27. The second kappa shape index (κ2) is 10.8. The van der Waals surface area contributed by atoms with E-state index in [9.17, 15) is 0 Å². The molecule has 0 aliphatic carbocycles. The van der Waals surface area contributed by atoms with Gasteiger partial charge in [-0.2, -0.15) is 0 Å². The number of halogens is 3. The lowest BCUT2D eigenvalue weighted by Gasteiger charge is -2.16. The summed E-state index contributed by atoms with van der Waals surface area (Å²) in [5.41, 5.74) is 2.95. The van der Waals surface area contributed by atoms with Crippen molar-refractivity contribution in [2.75, 3.05) is 13.9 Å². The molecule has 0 aromatic heterocycles. The molecule has 0 saturated heterocycles. The Hall–Kier alpha value is -2.31. The largest absolute Gasteiger partial charge is 0.493 e. The van der Waals surface area contributed by atoms with E-state index in [0.717, 1.165) is 28.2 Å². The first-order valence-electron chi connectivity index (χ1n) is 9.46. The Bertz CT molecular complexity index is 1050. The summed E-state index contributed by atoms with van der Waals surface area (Å²) in [6.45, 7) is 1.87. The van der Waals surface area contributed by atoms with Crippen LogP contribution in [0.4, 0.5) is 0 Å². The predicted octanol–water partition coefficient (Wildman–Crippen LogP) is 6.02. The Morgan fingerprint density at radius 1 is 0.935 bits per heavy atom. The summed E-state index contributed by atoms with van der Waals surface area (Å²) >= 11 is 12.3. The van der Waals surface area contributed by atoms with Gasteiger partial charge in [0.1, 0.15) is 6.61 Å². The SMILES string of the molecule is COc1cccc(CNCc2ccc3c(c2)OCO3)c1OCc1ccc(Cl)cc1Cl.Cl. The molecule has 3 aromatic carbocycles. The van der Waals surface area contributed by atoms with Gasteiger partial charge in [-0.05, 0) is 35.9 Å². The number of methoxy groups -OCH3 is 1. The maximum atomic E-state index is 6.27. The molecule has 0 spiro atoms. The van der Waals surface area contributed by atoms with E-state index >= 15 is 0 Å². The van der Waals surface area contributed by atoms with Gasteiger partial charge in [0, 0.05) is 34.3 Å². The molecule has 1 heterocycles. The van der Waals surface area contributed by atoms with Crippen LogP contribution in [0.1, 0.15) is 16.7 Å². The lowest BCUT2D eigenvalue weighted by molar-refractivity contribution is 0.174. The fourth-order valence-electron chi connectivity index (χ4n) is 3.21. The van der Waals surface area contributed by atoms with Crippen LogP contribution in [-0.2, 0) is 19.7 Å². The summed E-state index contributed by atoms with van der Waals surface area (Å²) in [6, 6.07) is 17.1. The zero-order valence-corrected chi connectivity index (χ0v) is 19.2. The molecule has 1 N–H and O–H groups in total. The minimum absolute atomic E-state index is 0. The molecule has 1 aliphatic rings. The van der Waals surface area contributed by atoms with Gasteiger partial charge in [0.15, 0.2) is 23.0 Å². The number of fused-ring (bicyclic) bond motifs is 1. The normalized spacial score (nSPS) is 11.7. The van der Waals surface area contributed by atoms with E-state index < -0.39 is 0 Å². The van der Waals surface area contributed by atoms with Crippen LogP contribution in [0.25, 0.3) is 0 Å². The highest BCUT2D eigenvalue weighted by molar-refractivity contribution is 6.35. The van der Waals surface area contributed by atoms with Gasteiger partial charge < -0.3 is 24.3 Å². The van der Waals surface area contributed by atoms with Crippen molar-refractivity contribution in [3.05, 3.63) is 81.3 Å². The molecule has 0 unspecified atom stereocenters. The van der Waals surface area contributed by atoms with Crippen molar-refractivity contribution in [2.45, 2.75) is 19.7 Å². The van der Waals surface area contributed by atoms with Crippen LogP contribution in [-0.4, -0.2) is 13.9 Å². The average Bonchev–Trinajstić information content (AvgIpc) is 3.21. The topological polar surface area (TPSA) is 49.0 Å². The fourth-order valence-corrected chi connectivity index (χ4v) is 3.67. The zero-order chi connectivity index (χ0) is 20.9. The van der Waals surface area contributed by atoms with Crippen LogP contribution >= 0.6 is 35.6 Å². The lowest BCUT2D eigenvalue weighted by atomic mass is 10.1. The van der Waals surface area contributed by atoms with Crippen molar-refractivity contribution in [1.29, 1.82) is 0 Å². The van der Waals surface area contributed by atoms with Crippen LogP contribution in [0.5, 0.6) is 23.0 Å².